The van der Waals surface area contributed by atoms with Gasteiger partial charge in [-0.05, 0) is 38.0 Å². The number of carbonyl (C=O) groups excluding carboxylic acids is 1. The Labute approximate surface area is 167 Å². The normalized spacial score (nSPS) is 21.3. The van der Waals surface area contributed by atoms with Crippen LogP contribution < -0.4 is 9.80 Å². The number of halogens is 1. The van der Waals surface area contributed by atoms with E-state index in [0.29, 0.717) is 0 Å². The highest BCUT2D eigenvalue weighted by molar-refractivity contribution is 6.30. The number of nitrogens with one attached hydrogen (secondary N) is 1. The highest BCUT2D eigenvalue weighted by atomic mass is 35.5. The van der Waals surface area contributed by atoms with Crippen molar-refractivity contribution in [3.8, 4) is 6.07 Å². The van der Waals surface area contributed by atoms with Crippen LogP contribution in [0.2, 0.25) is 5.02 Å². The second-order valence-corrected chi connectivity index (χ2v) is 8.38. The van der Waals surface area contributed by atoms with Crippen molar-refractivity contribution in [2.75, 3.05) is 38.1 Å². The summed E-state index contributed by atoms with van der Waals surface area (Å²) < 4.78 is 0. The molecule has 1 aliphatic heterocycles. The average molecular weight is 390 g/mol. The molecule has 27 heavy (non-hydrogen) atoms. The topological polar surface area (TPSA) is 51.8 Å². The smallest absolute Gasteiger partial charge is 0.281 e. The highest BCUT2D eigenvalue weighted by Crippen LogP contribution is 2.32. The quantitative estimate of drug-likeness (QED) is 0.858. The van der Waals surface area contributed by atoms with Gasteiger partial charge in [0.15, 0.2) is 6.04 Å². The number of hydrogen-bond acceptors (Lipinski definition) is 3. The van der Waals surface area contributed by atoms with Crippen molar-refractivity contribution < 1.29 is 9.69 Å². The molecule has 0 unspecified atom stereocenters. The fourth-order valence-corrected chi connectivity index (χ4v) is 4.68. The van der Waals surface area contributed by atoms with E-state index in [4.69, 9.17) is 11.6 Å². The first-order valence-electron chi connectivity index (χ1n) is 10.0. The summed E-state index contributed by atoms with van der Waals surface area (Å²) in [7, 11) is 1.83. The largest absolute Gasteiger partial charge is 0.360 e. The van der Waals surface area contributed by atoms with Crippen LogP contribution in [0.3, 0.4) is 0 Å². The number of anilines is 1. The average Bonchev–Trinajstić information content (AvgIpc) is 2.72. The van der Waals surface area contributed by atoms with Gasteiger partial charge in [-0.3, -0.25) is 4.79 Å². The van der Waals surface area contributed by atoms with E-state index in [9.17, 15) is 10.1 Å². The van der Waals surface area contributed by atoms with Gasteiger partial charge in [-0.25, -0.2) is 0 Å². The van der Waals surface area contributed by atoms with Gasteiger partial charge in [0.05, 0.1) is 32.2 Å². The molecule has 1 aliphatic carbocycles. The van der Waals surface area contributed by atoms with Crippen LogP contribution in [-0.2, 0) is 4.79 Å². The van der Waals surface area contributed by atoms with Crippen molar-refractivity contribution in [2.45, 2.75) is 50.6 Å². The summed E-state index contributed by atoms with van der Waals surface area (Å²) in [5.74, 6) is 0.102. The van der Waals surface area contributed by atoms with E-state index in [1.807, 2.05) is 32.2 Å². The third-order valence-electron chi connectivity index (χ3n) is 6.42. The van der Waals surface area contributed by atoms with Gasteiger partial charge in [-0.2, -0.15) is 5.26 Å². The molecule has 0 spiro atoms. The van der Waals surface area contributed by atoms with Crippen molar-refractivity contribution in [1.29, 1.82) is 5.26 Å². The van der Waals surface area contributed by atoms with Crippen molar-refractivity contribution in [2.24, 2.45) is 0 Å². The minimum atomic E-state index is -0.606. The zero-order chi connectivity index (χ0) is 19.4. The summed E-state index contributed by atoms with van der Waals surface area (Å²) in [6.07, 6.45) is 4.83. The van der Waals surface area contributed by atoms with Gasteiger partial charge >= 0.3 is 0 Å². The molecule has 1 aromatic carbocycles. The first-order chi connectivity index (χ1) is 13.0. The summed E-state index contributed by atoms with van der Waals surface area (Å²) in [6.45, 7) is 5.64. The number of hydrogen-bond donors (Lipinski definition) is 1. The fourth-order valence-electron chi connectivity index (χ4n) is 4.49. The van der Waals surface area contributed by atoms with Gasteiger partial charge in [-0.1, -0.05) is 36.9 Å². The minimum absolute atomic E-state index is 0.102. The maximum absolute atomic E-state index is 13.1. The van der Waals surface area contributed by atoms with E-state index >= 15 is 0 Å². The number of nitriles is 1. The summed E-state index contributed by atoms with van der Waals surface area (Å²) in [6, 6.07) is 10.3. The van der Waals surface area contributed by atoms with Gasteiger partial charge in [-0.15, -0.1) is 0 Å². The van der Waals surface area contributed by atoms with Crippen LogP contribution in [0.25, 0.3) is 0 Å². The van der Waals surface area contributed by atoms with E-state index < -0.39 is 5.54 Å². The third kappa shape index (κ3) is 4.23. The second kappa shape index (κ2) is 8.50. The lowest BCUT2D eigenvalue weighted by atomic mass is 9.81. The molecule has 2 fully saturated rings. The molecule has 1 amide bonds. The molecule has 1 N–H and O–H groups in total. The molecule has 1 saturated heterocycles. The Morgan fingerprint density at radius 2 is 1.96 bits per heavy atom. The van der Waals surface area contributed by atoms with E-state index in [1.165, 1.54) is 4.90 Å². The molecule has 0 radical (unpaired) electrons. The second-order valence-electron chi connectivity index (χ2n) is 7.95. The monoisotopic (exact) mass is 389 g/mol. The Bertz CT molecular complexity index is 702. The third-order valence-corrected chi connectivity index (χ3v) is 6.66. The Hall–Kier alpha value is -1.77. The maximum Gasteiger partial charge on any atom is 0.281 e. The molecule has 6 heteroatoms. The number of nitrogens with zero attached hydrogens (tertiary/aromatic N) is 3. The van der Waals surface area contributed by atoms with Crippen LogP contribution in [0.1, 0.15) is 39.0 Å². The lowest BCUT2D eigenvalue weighted by Crippen LogP contribution is -3.19. The van der Waals surface area contributed by atoms with Crippen molar-refractivity contribution in [3.63, 3.8) is 0 Å². The zero-order valence-corrected chi connectivity index (χ0v) is 17.1. The standard InChI is InChI=1S/C21H29ClN4O/c1-17(20(27)24(2)21(16-23)9-4-3-5-10-21)25-11-13-26(14-12-25)19-8-6-7-18(22)15-19/h6-8,15,17H,3-5,9-14H2,1-2H3/p+1/t17-/m1/s1. The Balaban J connectivity index is 1.60. The van der Waals surface area contributed by atoms with E-state index in [2.05, 4.69) is 17.0 Å². The van der Waals surface area contributed by atoms with Crippen LogP contribution in [0.15, 0.2) is 24.3 Å². The van der Waals surface area contributed by atoms with E-state index in [1.54, 1.807) is 4.90 Å². The molecule has 146 valence electrons. The number of amides is 1. The molecule has 0 bridgehead atoms. The van der Waals surface area contributed by atoms with Gasteiger partial charge in [0, 0.05) is 17.8 Å². The Kier molecular flexibility index (Phi) is 6.29. The predicted octanol–water partition coefficient (Wildman–Crippen LogP) is 2.12. The number of rotatable bonds is 4. The number of benzene rings is 1. The number of quaternary nitrogens is 1. The van der Waals surface area contributed by atoms with E-state index in [0.717, 1.165) is 69.0 Å². The number of piperazine rings is 1. The van der Waals surface area contributed by atoms with Crippen LogP contribution in [0, 0.1) is 11.3 Å². The van der Waals surface area contributed by atoms with Crippen molar-refractivity contribution in [3.05, 3.63) is 29.3 Å². The minimum Gasteiger partial charge on any atom is -0.360 e. The first kappa shape index (κ1) is 20.0. The fraction of sp³-hybridized carbons (Fsp3) is 0.619. The SMILES string of the molecule is C[C@H](C(=O)N(C)C1(C#N)CCCCC1)[NH+]1CCN(c2cccc(Cl)c2)CC1. The molecular weight excluding hydrogens is 360 g/mol. The van der Waals surface area contributed by atoms with Crippen LogP contribution >= 0.6 is 11.6 Å². The number of carbonyl (C=O) groups is 1. The number of likely N-dealkylation sites (N-methyl/N-ethyl adjacent to an activating group) is 1. The highest BCUT2D eigenvalue weighted by Gasteiger charge is 2.42. The summed E-state index contributed by atoms with van der Waals surface area (Å²) in [4.78, 5) is 18.5. The summed E-state index contributed by atoms with van der Waals surface area (Å²) >= 11 is 6.11. The predicted molar refractivity (Wildman–Crippen MR) is 108 cm³/mol. The molecule has 1 aromatic rings. The van der Waals surface area contributed by atoms with Crippen LogP contribution in [0.5, 0.6) is 0 Å². The Morgan fingerprint density at radius 3 is 2.56 bits per heavy atom. The van der Waals surface area contributed by atoms with Gasteiger partial charge < -0.3 is 14.7 Å². The summed E-state index contributed by atoms with van der Waals surface area (Å²) in [5.41, 5.74) is 0.536. The molecule has 1 heterocycles. The molecule has 1 saturated carbocycles. The Morgan fingerprint density at radius 1 is 1.30 bits per heavy atom. The van der Waals surface area contributed by atoms with Gasteiger partial charge in [0.1, 0.15) is 5.54 Å². The zero-order valence-electron chi connectivity index (χ0n) is 16.4. The van der Waals surface area contributed by atoms with Gasteiger partial charge in [0.25, 0.3) is 5.91 Å². The molecule has 3 rings (SSSR count). The van der Waals surface area contributed by atoms with Crippen LogP contribution in [-0.4, -0.2) is 55.6 Å². The summed E-state index contributed by atoms with van der Waals surface area (Å²) in [5, 5.41) is 10.5. The molecule has 5 nitrogen and oxygen atoms in total. The van der Waals surface area contributed by atoms with Gasteiger partial charge in [0.2, 0.25) is 0 Å². The van der Waals surface area contributed by atoms with E-state index in [-0.39, 0.29) is 11.9 Å². The lowest BCUT2D eigenvalue weighted by Gasteiger charge is -2.42. The molecule has 0 aromatic heterocycles. The van der Waals surface area contributed by atoms with Crippen molar-refractivity contribution >= 4 is 23.2 Å². The molecular formula is C21H30ClN4O+. The maximum atomic E-state index is 13.1. The van der Waals surface area contributed by atoms with Crippen molar-refractivity contribution in [1.82, 2.24) is 4.90 Å². The lowest BCUT2D eigenvalue weighted by molar-refractivity contribution is -0.915. The molecule has 2 aliphatic rings. The van der Waals surface area contributed by atoms with Crippen LogP contribution in [0.4, 0.5) is 5.69 Å². The first-order valence-corrected chi connectivity index (χ1v) is 10.4. The molecule has 1 atom stereocenters.